The van der Waals surface area contributed by atoms with Crippen LogP contribution in [-0.2, 0) is 11.3 Å². The third-order valence-corrected chi connectivity index (χ3v) is 4.94. The fraction of sp³-hybridized carbons (Fsp3) is 0.357. The van der Waals surface area contributed by atoms with Crippen LogP contribution in [0.3, 0.4) is 0 Å². The fourth-order valence-corrected chi connectivity index (χ4v) is 3.52. The van der Waals surface area contributed by atoms with Crippen molar-refractivity contribution in [3.63, 3.8) is 0 Å². The Morgan fingerprint density at radius 1 is 1.36 bits per heavy atom. The first-order chi connectivity index (χ1) is 10.5. The molecule has 1 aromatic heterocycles. The number of halogens is 1. The summed E-state index contributed by atoms with van der Waals surface area (Å²) in [5.74, 6) is 0.249. The average Bonchev–Trinajstić information content (AvgIpc) is 2.91. The fourth-order valence-electron chi connectivity index (χ4n) is 1.59. The highest BCUT2D eigenvalue weighted by atomic mass is 35.5. The van der Waals surface area contributed by atoms with Crippen LogP contribution in [0.1, 0.15) is 19.4 Å². The molecule has 0 saturated carbocycles. The van der Waals surface area contributed by atoms with Gasteiger partial charge in [0.2, 0.25) is 11.0 Å². The average molecular weight is 357 g/mol. The standard InChI is InChI=1S/C14H17ClN4OS2/c1-9(2)17-13-18-19-14(22-13)21-8-12(20)16-7-10-5-3-4-6-11(10)15/h3-6,9H,7-8H2,1-2H3,(H,16,20)(H,17,18). The predicted molar refractivity (Wildman–Crippen MR) is 92.7 cm³/mol. The first-order valence-electron chi connectivity index (χ1n) is 6.77. The maximum atomic E-state index is 11.9. The molecule has 0 atom stereocenters. The Hall–Kier alpha value is -1.31. The van der Waals surface area contributed by atoms with E-state index in [4.69, 9.17) is 11.6 Å². The van der Waals surface area contributed by atoms with Gasteiger partial charge in [-0.1, -0.05) is 52.9 Å². The lowest BCUT2D eigenvalue weighted by Crippen LogP contribution is -2.24. The first kappa shape index (κ1) is 17.1. The van der Waals surface area contributed by atoms with E-state index in [0.29, 0.717) is 23.4 Å². The summed E-state index contributed by atoms with van der Waals surface area (Å²) < 4.78 is 0.774. The van der Waals surface area contributed by atoms with Gasteiger partial charge in [0.05, 0.1) is 5.75 Å². The van der Waals surface area contributed by atoms with Crippen LogP contribution >= 0.6 is 34.7 Å². The molecule has 0 saturated heterocycles. The minimum Gasteiger partial charge on any atom is -0.358 e. The molecule has 2 aromatic rings. The van der Waals surface area contributed by atoms with Crippen LogP contribution in [0.15, 0.2) is 28.6 Å². The van der Waals surface area contributed by atoms with Crippen LogP contribution in [0.2, 0.25) is 5.02 Å². The summed E-state index contributed by atoms with van der Waals surface area (Å²) in [7, 11) is 0. The lowest BCUT2D eigenvalue weighted by Gasteiger charge is -2.06. The Morgan fingerprint density at radius 3 is 2.86 bits per heavy atom. The molecule has 0 unspecified atom stereocenters. The highest BCUT2D eigenvalue weighted by Gasteiger charge is 2.09. The number of anilines is 1. The maximum absolute atomic E-state index is 11.9. The molecular weight excluding hydrogens is 340 g/mol. The topological polar surface area (TPSA) is 66.9 Å². The van der Waals surface area contributed by atoms with E-state index < -0.39 is 0 Å². The van der Waals surface area contributed by atoms with Gasteiger partial charge >= 0.3 is 0 Å². The number of amides is 1. The predicted octanol–water partition coefficient (Wildman–Crippen LogP) is 3.42. The summed E-state index contributed by atoms with van der Waals surface area (Å²) in [4.78, 5) is 11.9. The molecule has 0 aliphatic heterocycles. The van der Waals surface area contributed by atoms with Crippen molar-refractivity contribution in [3.8, 4) is 0 Å². The second-order valence-corrected chi connectivity index (χ2v) is 7.44. The summed E-state index contributed by atoms with van der Waals surface area (Å²) >= 11 is 8.87. The van der Waals surface area contributed by atoms with Crippen molar-refractivity contribution in [2.75, 3.05) is 11.1 Å². The van der Waals surface area contributed by atoms with Crippen LogP contribution in [0.25, 0.3) is 0 Å². The van der Waals surface area contributed by atoms with Crippen LogP contribution in [0.5, 0.6) is 0 Å². The van der Waals surface area contributed by atoms with Crippen molar-refractivity contribution in [2.24, 2.45) is 0 Å². The molecule has 0 aliphatic rings. The van der Waals surface area contributed by atoms with E-state index in [9.17, 15) is 4.79 Å². The molecule has 118 valence electrons. The van der Waals surface area contributed by atoms with Gasteiger partial charge in [-0.25, -0.2) is 0 Å². The second kappa shape index (κ2) is 8.36. The molecule has 0 spiro atoms. The molecule has 2 N–H and O–H groups in total. The minimum atomic E-state index is -0.0570. The molecule has 0 bridgehead atoms. The number of thioether (sulfide) groups is 1. The van der Waals surface area contributed by atoms with Gasteiger partial charge in [0.25, 0.3) is 0 Å². The van der Waals surface area contributed by atoms with Crippen LogP contribution in [0, 0.1) is 0 Å². The van der Waals surface area contributed by atoms with E-state index in [1.165, 1.54) is 23.1 Å². The van der Waals surface area contributed by atoms with Crippen molar-refractivity contribution >= 4 is 45.7 Å². The van der Waals surface area contributed by atoms with E-state index in [2.05, 4.69) is 20.8 Å². The first-order valence-corrected chi connectivity index (χ1v) is 8.95. The number of nitrogens with zero attached hydrogens (tertiary/aromatic N) is 2. The van der Waals surface area contributed by atoms with E-state index in [1.807, 2.05) is 38.1 Å². The number of nitrogens with one attached hydrogen (secondary N) is 2. The van der Waals surface area contributed by atoms with Crippen LogP contribution in [0.4, 0.5) is 5.13 Å². The molecule has 0 aliphatic carbocycles. The summed E-state index contributed by atoms with van der Waals surface area (Å²) in [5.41, 5.74) is 0.904. The van der Waals surface area contributed by atoms with Gasteiger partial charge in [-0.2, -0.15) is 0 Å². The van der Waals surface area contributed by atoms with Gasteiger partial charge in [0, 0.05) is 17.6 Å². The lowest BCUT2D eigenvalue weighted by molar-refractivity contribution is -0.118. The third kappa shape index (κ3) is 5.47. The van der Waals surface area contributed by atoms with E-state index in [1.54, 1.807) is 0 Å². The Bertz CT molecular complexity index is 633. The quantitative estimate of drug-likeness (QED) is 0.744. The number of hydrogen-bond acceptors (Lipinski definition) is 6. The van der Waals surface area contributed by atoms with Gasteiger partial charge in [0.15, 0.2) is 4.34 Å². The molecule has 22 heavy (non-hydrogen) atoms. The highest BCUT2D eigenvalue weighted by Crippen LogP contribution is 2.25. The van der Waals surface area contributed by atoms with Crippen molar-refractivity contribution in [1.29, 1.82) is 0 Å². The largest absolute Gasteiger partial charge is 0.358 e. The van der Waals surface area contributed by atoms with Crippen molar-refractivity contribution < 1.29 is 4.79 Å². The molecule has 1 aromatic carbocycles. The molecular formula is C14H17ClN4OS2. The Balaban J connectivity index is 1.76. The van der Waals surface area contributed by atoms with Gasteiger partial charge in [-0.3, -0.25) is 4.79 Å². The molecule has 5 nitrogen and oxygen atoms in total. The van der Waals surface area contributed by atoms with Crippen molar-refractivity contribution in [2.45, 2.75) is 30.8 Å². The number of rotatable bonds is 7. The molecule has 0 fully saturated rings. The molecule has 1 heterocycles. The Morgan fingerprint density at radius 2 is 2.14 bits per heavy atom. The van der Waals surface area contributed by atoms with E-state index >= 15 is 0 Å². The van der Waals surface area contributed by atoms with Crippen LogP contribution < -0.4 is 10.6 Å². The third-order valence-electron chi connectivity index (χ3n) is 2.58. The number of carbonyl (C=O) groups excluding carboxylic acids is 1. The summed E-state index contributed by atoms with van der Waals surface area (Å²) in [6, 6.07) is 7.77. The van der Waals surface area contributed by atoms with E-state index in [0.717, 1.165) is 15.0 Å². The number of aromatic nitrogens is 2. The van der Waals surface area contributed by atoms with Gasteiger partial charge in [0.1, 0.15) is 0 Å². The van der Waals surface area contributed by atoms with Gasteiger partial charge in [-0.05, 0) is 25.5 Å². The maximum Gasteiger partial charge on any atom is 0.230 e. The summed E-state index contributed by atoms with van der Waals surface area (Å²) in [5, 5.41) is 15.5. The van der Waals surface area contributed by atoms with Crippen molar-refractivity contribution in [1.82, 2.24) is 15.5 Å². The SMILES string of the molecule is CC(C)Nc1nnc(SCC(=O)NCc2ccccc2Cl)s1. The number of benzene rings is 1. The van der Waals surface area contributed by atoms with Crippen LogP contribution in [-0.4, -0.2) is 27.9 Å². The van der Waals surface area contributed by atoms with Gasteiger partial charge < -0.3 is 10.6 Å². The Kier molecular flexibility index (Phi) is 6.48. The number of hydrogen-bond donors (Lipinski definition) is 2. The smallest absolute Gasteiger partial charge is 0.230 e. The summed E-state index contributed by atoms with van der Waals surface area (Å²) in [6.07, 6.45) is 0. The minimum absolute atomic E-state index is 0.0570. The molecule has 8 heteroatoms. The molecule has 0 radical (unpaired) electrons. The molecule has 1 amide bonds. The zero-order valence-electron chi connectivity index (χ0n) is 12.3. The lowest BCUT2D eigenvalue weighted by atomic mass is 10.2. The summed E-state index contributed by atoms with van der Waals surface area (Å²) in [6.45, 7) is 4.50. The zero-order chi connectivity index (χ0) is 15.9. The number of carbonyl (C=O) groups is 1. The Labute approximate surface area is 142 Å². The zero-order valence-corrected chi connectivity index (χ0v) is 14.7. The van der Waals surface area contributed by atoms with Gasteiger partial charge in [-0.15, -0.1) is 10.2 Å². The van der Waals surface area contributed by atoms with Crippen molar-refractivity contribution in [3.05, 3.63) is 34.9 Å². The molecule has 2 rings (SSSR count). The normalized spacial score (nSPS) is 10.7. The monoisotopic (exact) mass is 356 g/mol. The second-order valence-electron chi connectivity index (χ2n) is 4.83. The van der Waals surface area contributed by atoms with E-state index in [-0.39, 0.29) is 5.91 Å². The highest BCUT2D eigenvalue weighted by molar-refractivity contribution is 8.01.